The lowest BCUT2D eigenvalue weighted by atomic mass is 9.92. The second-order valence-electron chi connectivity index (χ2n) is 7.15. The van der Waals surface area contributed by atoms with Crippen molar-refractivity contribution in [2.24, 2.45) is 5.92 Å². The number of carbonyl (C=O) groups is 1. The van der Waals surface area contributed by atoms with E-state index in [1.54, 1.807) is 18.2 Å². The summed E-state index contributed by atoms with van der Waals surface area (Å²) in [5, 5.41) is 12.8. The summed E-state index contributed by atoms with van der Waals surface area (Å²) < 4.78 is 27.1. The first-order valence-electron chi connectivity index (χ1n) is 9.11. The molecule has 1 atom stereocenters. The van der Waals surface area contributed by atoms with E-state index in [-0.39, 0.29) is 40.4 Å². The fraction of sp³-hybridized carbons (Fsp3) is 0.611. The molecule has 1 amide bonds. The molecule has 1 saturated carbocycles. The molecule has 8 heteroatoms. The summed E-state index contributed by atoms with van der Waals surface area (Å²) in [4.78, 5) is 12.7. The van der Waals surface area contributed by atoms with Gasteiger partial charge in [-0.2, -0.15) is 4.31 Å². The zero-order valence-corrected chi connectivity index (χ0v) is 16.2. The summed E-state index contributed by atoms with van der Waals surface area (Å²) in [5.74, 6) is -0.446. The number of aliphatic hydroxyl groups excluding tert-OH is 1. The Morgan fingerprint density at radius 1 is 1.15 bits per heavy atom. The van der Waals surface area contributed by atoms with Crippen molar-refractivity contribution in [1.82, 2.24) is 9.62 Å². The van der Waals surface area contributed by atoms with Crippen LogP contribution in [0.15, 0.2) is 29.2 Å². The van der Waals surface area contributed by atoms with Gasteiger partial charge in [0, 0.05) is 19.1 Å². The van der Waals surface area contributed by atoms with Crippen LogP contribution in [0.25, 0.3) is 0 Å². The van der Waals surface area contributed by atoms with Crippen LogP contribution in [0.2, 0.25) is 5.02 Å². The molecule has 2 fully saturated rings. The molecule has 0 spiro atoms. The zero-order valence-electron chi connectivity index (χ0n) is 14.6. The average Bonchev–Trinajstić information content (AvgIpc) is 2.64. The molecule has 3 rings (SSSR count). The Morgan fingerprint density at radius 2 is 1.85 bits per heavy atom. The Labute approximate surface area is 159 Å². The van der Waals surface area contributed by atoms with Crippen molar-refractivity contribution in [2.75, 3.05) is 13.1 Å². The molecule has 1 aliphatic carbocycles. The van der Waals surface area contributed by atoms with Gasteiger partial charge in [0.15, 0.2) is 0 Å². The molecule has 2 N–H and O–H groups in total. The fourth-order valence-electron chi connectivity index (χ4n) is 3.71. The molecular formula is C18H25ClN2O4S. The minimum Gasteiger partial charge on any atom is -0.393 e. The van der Waals surface area contributed by atoms with Crippen molar-refractivity contribution < 1.29 is 18.3 Å². The highest BCUT2D eigenvalue weighted by atomic mass is 35.5. The Balaban J connectivity index is 1.65. The van der Waals surface area contributed by atoms with E-state index in [1.165, 1.54) is 10.4 Å². The van der Waals surface area contributed by atoms with Crippen LogP contribution in [0.4, 0.5) is 0 Å². The second-order valence-corrected chi connectivity index (χ2v) is 9.46. The molecule has 26 heavy (non-hydrogen) atoms. The lowest BCUT2D eigenvalue weighted by Gasteiger charge is -2.33. The molecule has 1 saturated heterocycles. The first-order chi connectivity index (χ1) is 12.4. The number of hydrogen-bond acceptors (Lipinski definition) is 4. The van der Waals surface area contributed by atoms with Crippen LogP contribution in [-0.4, -0.2) is 49.0 Å². The van der Waals surface area contributed by atoms with Gasteiger partial charge in [-0.3, -0.25) is 4.79 Å². The molecule has 6 nitrogen and oxygen atoms in total. The highest BCUT2D eigenvalue weighted by Crippen LogP contribution is 2.28. The molecule has 0 unspecified atom stereocenters. The molecule has 0 radical (unpaired) electrons. The molecule has 1 heterocycles. The van der Waals surface area contributed by atoms with Gasteiger partial charge in [0.05, 0.1) is 17.0 Å². The first-order valence-corrected chi connectivity index (χ1v) is 10.9. The number of nitrogens with one attached hydrogen (secondary N) is 1. The number of sulfonamides is 1. The van der Waals surface area contributed by atoms with E-state index in [0.717, 1.165) is 12.8 Å². The summed E-state index contributed by atoms with van der Waals surface area (Å²) in [6.45, 7) is 0.571. The Bertz CT molecular complexity index is 747. The van der Waals surface area contributed by atoms with E-state index in [4.69, 9.17) is 11.6 Å². The highest BCUT2D eigenvalue weighted by Gasteiger charge is 2.35. The van der Waals surface area contributed by atoms with Gasteiger partial charge in [-0.1, -0.05) is 23.7 Å². The fourth-order valence-corrected chi connectivity index (χ4v) is 5.72. The minimum atomic E-state index is -3.71. The average molecular weight is 401 g/mol. The predicted octanol–water partition coefficient (Wildman–Crippen LogP) is 2.16. The number of aliphatic hydroxyl groups is 1. The molecule has 2 aliphatic rings. The number of nitrogens with zero attached hydrogens (tertiary/aromatic N) is 1. The van der Waals surface area contributed by atoms with Gasteiger partial charge >= 0.3 is 0 Å². The number of carbonyl (C=O) groups excluding carboxylic acids is 1. The highest BCUT2D eigenvalue weighted by molar-refractivity contribution is 7.89. The summed E-state index contributed by atoms with van der Waals surface area (Å²) in [6.07, 6.45) is 3.98. The van der Waals surface area contributed by atoms with Crippen LogP contribution >= 0.6 is 11.6 Å². The monoisotopic (exact) mass is 400 g/mol. The van der Waals surface area contributed by atoms with Crippen molar-refractivity contribution in [1.29, 1.82) is 0 Å². The number of hydrogen-bond donors (Lipinski definition) is 2. The smallest absolute Gasteiger partial charge is 0.244 e. The van der Waals surface area contributed by atoms with Crippen molar-refractivity contribution in [3.05, 3.63) is 29.3 Å². The third kappa shape index (κ3) is 4.39. The molecular weight excluding hydrogens is 376 g/mol. The van der Waals surface area contributed by atoms with E-state index < -0.39 is 10.0 Å². The van der Waals surface area contributed by atoms with Gasteiger partial charge in [-0.05, 0) is 50.7 Å². The van der Waals surface area contributed by atoms with E-state index in [0.29, 0.717) is 32.2 Å². The van der Waals surface area contributed by atoms with Gasteiger partial charge in [0.25, 0.3) is 0 Å². The molecule has 1 aromatic rings. The van der Waals surface area contributed by atoms with E-state index >= 15 is 0 Å². The van der Waals surface area contributed by atoms with E-state index in [9.17, 15) is 18.3 Å². The van der Waals surface area contributed by atoms with Gasteiger partial charge < -0.3 is 10.4 Å². The maximum atomic E-state index is 12.9. The van der Waals surface area contributed by atoms with Crippen LogP contribution in [0, 0.1) is 5.92 Å². The summed E-state index contributed by atoms with van der Waals surface area (Å²) >= 11 is 6.06. The lowest BCUT2D eigenvalue weighted by Crippen LogP contribution is -2.48. The zero-order chi connectivity index (χ0) is 18.7. The maximum absolute atomic E-state index is 12.9. The van der Waals surface area contributed by atoms with Gasteiger partial charge in [0.1, 0.15) is 4.90 Å². The van der Waals surface area contributed by atoms with Gasteiger partial charge in [0.2, 0.25) is 15.9 Å². The van der Waals surface area contributed by atoms with Crippen LogP contribution in [-0.2, 0) is 14.8 Å². The van der Waals surface area contributed by atoms with Gasteiger partial charge in [-0.15, -0.1) is 0 Å². The standard InChI is InChI=1S/C18H25ClN2O4S/c19-16-5-1-2-6-17(16)26(24,25)21-11-3-4-13(12-21)18(23)20-14-7-9-15(22)10-8-14/h1-2,5-6,13-15,22H,3-4,7-12H2,(H,20,23)/t13-,14?,15?/m0/s1. The predicted molar refractivity (Wildman–Crippen MR) is 99.3 cm³/mol. The van der Waals surface area contributed by atoms with Crippen molar-refractivity contribution >= 4 is 27.5 Å². The lowest BCUT2D eigenvalue weighted by molar-refractivity contribution is -0.127. The molecule has 0 aromatic heterocycles. The van der Waals surface area contributed by atoms with E-state index in [2.05, 4.69) is 5.32 Å². The van der Waals surface area contributed by atoms with Gasteiger partial charge in [-0.25, -0.2) is 8.42 Å². The number of benzene rings is 1. The summed E-state index contributed by atoms with van der Waals surface area (Å²) in [5.41, 5.74) is 0. The van der Waals surface area contributed by atoms with Crippen molar-refractivity contribution in [3.8, 4) is 0 Å². The summed E-state index contributed by atoms with van der Waals surface area (Å²) in [7, 11) is -3.71. The minimum absolute atomic E-state index is 0.0708. The van der Waals surface area contributed by atoms with E-state index in [1.807, 2.05) is 0 Å². The normalized spacial score (nSPS) is 27.8. The Kier molecular flexibility index (Phi) is 6.22. The number of halogens is 1. The van der Waals surface area contributed by atoms with Crippen LogP contribution in [0.5, 0.6) is 0 Å². The first kappa shape index (κ1) is 19.6. The van der Waals surface area contributed by atoms with Crippen LogP contribution in [0.1, 0.15) is 38.5 Å². The van der Waals surface area contributed by atoms with Crippen molar-refractivity contribution in [2.45, 2.75) is 55.6 Å². The SMILES string of the molecule is O=C(NC1CCC(O)CC1)[C@H]1CCCN(S(=O)(=O)c2ccccc2Cl)C1. The molecule has 1 aromatic carbocycles. The number of amides is 1. The number of rotatable bonds is 4. The largest absolute Gasteiger partial charge is 0.393 e. The molecule has 1 aliphatic heterocycles. The third-order valence-corrected chi connectivity index (χ3v) is 7.62. The third-order valence-electron chi connectivity index (χ3n) is 5.25. The van der Waals surface area contributed by atoms with Crippen LogP contribution < -0.4 is 5.32 Å². The summed E-state index contributed by atoms with van der Waals surface area (Å²) in [6, 6.07) is 6.45. The maximum Gasteiger partial charge on any atom is 0.244 e. The number of piperidine rings is 1. The van der Waals surface area contributed by atoms with Crippen molar-refractivity contribution in [3.63, 3.8) is 0 Å². The molecule has 0 bridgehead atoms. The Morgan fingerprint density at radius 3 is 2.54 bits per heavy atom. The quantitative estimate of drug-likeness (QED) is 0.810. The second kappa shape index (κ2) is 8.25. The molecule has 144 valence electrons. The Hall–Kier alpha value is -1.15. The van der Waals surface area contributed by atoms with Crippen LogP contribution in [0.3, 0.4) is 0 Å². The topological polar surface area (TPSA) is 86.7 Å².